The van der Waals surface area contributed by atoms with Gasteiger partial charge in [-0.3, -0.25) is 14.7 Å². The number of hydrogen-bond acceptors (Lipinski definition) is 5. The standard InChI is InChI=1S/C24H42N6O2/c1-2-26-24(27-12-4-7-13-29-16-10-20(11-17-29)23(25)31)28-19-21(22-9-8-18-32-22)30-14-5-3-6-15-30/h8-9,18,20-21H,2-7,10-17,19H2,1H3,(H2,25,31)(H2,26,27,28). The maximum Gasteiger partial charge on any atom is 0.220 e. The van der Waals surface area contributed by atoms with Crippen molar-refractivity contribution in [2.24, 2.45) is 16.6 Å². The van der Waals surface area contributed by atoms with Crippen molar-refractivity contribution >= 4 is 11.9 Å². The number of furan rings is 1. The minimum absolute atomic E-state index is 0.0711. The number of amides is 1. The third-order valence-electron chi connectivity index (χ3n) is 6.65. The second-order valence-electron chi connectivity index (χ2n) is 9.00. The number of unbranched alkanes of at least 4 members (excludes halogenated alkanes) is 1. The molecule has 4 N–H and O–H groups in total. The lowest BCUT2D eigenvalue weighted by atomic mass is 9.96. The maximum atomic E-state index is 11.3. The Kier molecular flexibility index (Phi) is 10.4. The van der Waals surface area contributed by atoms with E-state index >= 15 is 0 Å². The molecule has 1 amide bonds. The predicted molar refractivity (Wildman–Crippen MR) is 128 cm³/mol. The number of nitrogens with two attached hydrogens (primary N) is 1. The van der Waals surface area contributed by atoms with Crippen LogP contribution in [0, 0.1) is 5.92 Å². The van der Waals surface area contributed by atoms with E-state index in [9.17, 15) is 4.79 Å². The highest BCUT2D eigenvalue weighted by Gasteiger charge is 2.24. The van der Waals surface area contributed by atoms with E-state index in [2.05, 4.69) is 33.4 Å². The molecule has 2 aliphatic rings. The van der Waals surface area contributed by atoms with Crippen LogP contribution in [0.25, 0.3) is 0 Å². The largest absolute Gasteiger partial charge is 0.468 e. The summed E-state index contributed by atoms with van der Waals surface area (Å²) in [5, 5.41) is 6.87. The van der Waals surface area contributed by atoms with Crippen molar-refractivity contribution in [3.63, 3.8) is 0 Å². The van der Waals surface area contributed by atoms with E-state index in [1.165, 1.54) is 19.3 Å². The van der Waals surface area contributed by atoms with E-state index in [-0.39, 0.29) is 17.9 Å². The van der Waals surface area contributed by atoms with Crippen molar-refractivity contribution in [1.82, 2.24) is 20.4 Å². The van der Waals surface area contributed by atoms with Crippen molar-refractivity contribution in [2.75, 3.05) is 52.4 Å². The molecule has 1 unspecified atom stereocenters. The van der Waals surface area contributed by atoms with Crippen molar-refractivity contribution in [1.29, 1.82) is 0 Å². The average Bonchev–Trinajstić information content (AvgIpc) is 3.34. The van der Waals surface area contributed by atoms with Gasteiger partial charge in [0.05, 0.1) is 18.8 Å². The Labute approximate surface area is 193 Å². The lowest BCUT2D eigenvalue weighted by Gasteiger charge is -2.32. The molecule has 2 aliphatic heterocycles. The molecule has 0 aromatic carbocycles. The number of rotatable bonds is 11. The van der Waals surface area contributed by atoms with Crippen LogP contribution in [0.2, 0.25) is 0 Å². The lowest BCUT2D eigenvalue weighted by Crippen LogP contribution is -2.40. The molecule has 0 aliphatic carbocycles. The van der Waals surface area contributed by atoms with Gasteiger partial charge in [0, 0.05) is 19.0 Å². The number of hydrogen-bond donors (Lipinski definition) is 3. The summed E-state index contributed by atoms with van der Waals surface area (Å²) in [6.45, 7) is 9.80. The minimum atomic E-state index is -0.140. The molecule has 3 rings (SSSR count). The fraction of sp³-hybridized carbons (Fsp3) is 0.750. The van der Waals surface area contributed by atoms with Crippen LogP contribution in [0.3, 0.4) is 0 Å². The summed E-state index contributed by atoms with van der Waals surface area (Å²) < 4.78 is 5.75. The molecule has 3 heterocycles. The van der Waals surface area contributed by atoms with E-state index in [0.29, 0.717) is 6.54 Å². The molecule has 2 saturated heterocycles. The summed E-state index contributed by atoms with van der Waals surface area (Å²) in [6.07, 6.45) is 9.61. The summed E-state index contributed by atoms with van der Waals surface area (Å²) in [6, 6.07) is 4.24. The van der Waals surface area contributed by atoms with Gasteiger partial charge in [-0.1, -0.05) is 6.42 Å². The first-order valence-corrected chi connectivity index (χ1v) is 12.5. The highest BCUT2D eigenvalue weighted by Crippen LogP contribution is 2.25. The number of carbonyl (C=O) groups is 1. The Morgan fingerprint density at radius 1 is 1.19 bits per heavy atom. The number of nitrogens with zero attached hydrogens (tertiary/aromatic N) is 3. The number of carbonyl (C=O) groups excluding carboxylic acids is 1. The van der Waals surface area contributed by atoms with Gasteiger partial charge in [-0.2, -0.15) is 0 Å². The first-order chi connectivity index (χ1) is 15.7. The van der Waals surface area contributed by atoms with Crippen LogP contribution in [0.4, 0.5) is 0 Å². The molecule has 0 bridgehead atoms. The van der Waals surface area contributed by atoms with Gasteiger partial charge in [0.2, 0.25) is 5.91 Å². The Hall–Kier alpha value is -2.06. The Bertz CT molecular complexity index is 679. The molecule has 0 spiro atoms. The molecule has 1 aromatic heterocycles. The maximum absolute atomic E-state index is 11.3. The first-order valence-electron chi connectivity index (χ1n) is 12.5. The topological polar surface area (TPSA) is 99.1 Å². The van der Waals surface area contributed by atoms with E-state index in [0.717, 1.165) is 83.2 Å². The molecule has 0 radical (unpaired) electrons. The highest BCUT2D eigenvalue weighted by atomic mass is 16.3. The second-order valence-corrected chi connectivity index (χ2v) is 9.00. The third-order valence-corrected chi connectivity index (χ3v) is 6.65. The second kappa shape index (κ2) is 13.5. The van der Waals surface area contributed by atoms with Crippen molar-refractivity contribution in [3.8, 4) is 0 Å². The number of piperidine rings is 2. The zero-order valence-electron chi connectivity index (χ0n) is 19.7. The number of primary amides is 1. The summed E-state index contributed by atoms with van der Waals surface area (Å²) in [7, 11) is 0. The zero-order valence-corrected chi connectivity index (χ0v) is 19.7. The number of likely N-dealkylation sites (tertiary alicyclic amines) is 2. The van der Waals surface area contributed by atoms with Crippen LogP contribution in [-0.2, 0) is 4.79 Å². The van der Waals surface area contributed by atoms with Crippen LogP contribution >= 0.6 is 0 Å². The Morgan fingerprint density at radius 3 is 2.62 bits per heavy atom. The van der Waals surface area contributed by atoms with E-state index < -0.39 is 0 Å². The zero-order chi connectivity index (χ0) is 22.6. The molecule has 8 heteroatoms. The monoisotopic (exact) mass is 446 g/mol. The molecular weight excluding hydrogens is 404 g/mol. The van der Waals surface area contributed by atoms with Crippen molar-refractivity contribution in [2.45, 2.75) is 57.9 Å². The molecule has 32 heavy (non-hydrogen) atoms. The fourth-order valence-corrected chi connectivity index (χ4v) is 4.72. The van der Waals surface area contributed by atoms with Gasteiger partial charge in [0.1, 0.15) is 5.76 Å². The molecule has 8 nitrogen and oxygen atoms in total. The van der Waals surface area contributed by atoms with E-state index in [1.54, 1.807) is 6.26 Å². The summed E-state index contributed by atoms with van der Waals surface area (Å²) >= 11 is 0. The first kappa shape index (κ1) is 24.6. The summed E-state index contributed by atoms with van der Waals surface area (Å²) in [5.41, 5.74) is 5.43. The van der Waals surface area contributed by atoms with Crippen LogP contribution < -0.4 is 16.4 Å². The molecule has 1 atom stereocenters. The number of guanidine groups is 1. The SMILES string of the molecule is CCNC(=NCC(c1ccco1)N1CCCCC1)NCCCCN1CCC(C(N)=O)CC1. The van der Waals surface area contributed by atoms with Gasteiger partial charge in [0.15, 0.2) is 5.96 Å². The highest BCUT2D eigenvalue weighted by molar-refractivity contribution is 5.79. The van der Waals surface area contributed by atoms with Gasteiger partial charge in [-0.25, -0.2) is 0 Å². The number of aliphatic imine (C=N–C) groups is 1. The van der Waals surface area contributed by atoms with Gasteiger partial charge >= 0.3 is 0 Å². The summed E-state index contributed by atoms with van der Waals surface area (Å²) in [4.78, 5) is 21.2. The van der Waals surface area contributed by atoms with Crippen molar-refractivity contribution in [3.05, 3.63) is 24.2 Å². The molecule has 1 aromatic rings. The Morgan fingerprint density at radius 2 is 1.97 bits per heavy atom. The van der Waals surface area contributed by atoms with Gasteiger partial charge in [0.25, 0.3) is 0 Å². The van der Waals surface area contributed by atoms with Crippen molar-refractivity contribution < 1.29 is 9.21 Å². The average molecular weight is 447 g/mol. The Balaban J connectivity index is 1.41. The minimum Gasteiger partial charge on any atom is -0.468 e. The van der Waals surface area contributed by atoms with E-state index in [1.807, 2.05) is 6.07 Å². The molecule has 180 valence electrons. The van der Waals surface area contributed by atoms with Crippen LogP contribution in [0.1, 0.15) is 63.7 Å². The van der Waals surface area contributed by atoms with Crippen LogP contribution in [-0.4, -0.2) is 74.0 Å². The summed E-state index contributed by atoms with van der Waals surface area (Å²) in [5.74, 6) is 1.82. The van der Waals surface area contributed by atoms with Gasteiger partial charge in [-0.15, -0.1) is 0 Å². The van der Waals surface area contributed by atoms with Gasteiger partial charge < -0.3 is 25.7 Å². The van der Waals surface area contributed by atoms with E-state index in [4.69, 9.17) is 15.1 Å². The van der Waals surface area contributed by atoms with Crippen LogP contribution in [0.5, 0.6) is 0 Å². The fourth-order valence-electron chi connectivity index (χ4n) is 4.72. The predicted octanol–water partition coefficient (Wildman–Crippen LogP) is 2.34. The quantitative estimate of drug-likeness (QED) is 0.274. The normalized spacial score (nSPS) is 20.2. The molecule has 0 saturated carbocycles. The molecule has 2 fully saturated rings. The smallest absolute Gasteiger partial charge is 0.220 e. The third kappa shape index (κ3) is 7.81. The van der Waals surface area contributed by atoms with Gasteiger partial charge in [-0.05, 0) is 90.3 Å². The lowest BCUT2D eigenvalue weighted by molar-refractivity contribution is -0.123. The molecular formula is C24H42N6O2. The van der Waals surface area contributed by atoms with Crippen LogP contribution in [0.15, 0.2) is 27.8 Å². The number of nitrogens with one attached hydrogen (secondary N) is 2.